The number of alkyl halides is 3. The predicted octanol–water partition coefficient (Wildman–Crippen LogP) is 5.99. The van der Waals surface area contributed by atoms with Crippen molar-refractivity contribution < 1.29 is 27.3 Å². The molecule has 0 saturated carbocycles. The van der Waals surface area contributed by atoms with E-state index in [-0.39, 0.29) is 41.1 Å². The lowest BCUT2D eigenvalue weighted by molar-refractivity contribution is -0.138. The van der Waals surface area contributed by atoms with Gasteiger partial charge in [0.2, 0.25) is 0 Å². The Hall–Kier alpha value is -5.57. The minimum Gasteiger partial charge on any atom is -0.356 e. The van der Waals surface area contributed by atoms with Crippen molar-refractivity contribution in [1.82, 2.24) is 34.5 Å². The number of imidazole rings is 1. The average molecular weight is 733 g/mol. The zero-order chi connectivity index (χ0) is 34.4. The number of hydrogen-bond donors (Lipinski definition) is 1. The summed E-state index contributed by atoms with van der Waals surface area (Å²) >= 11 is 2.92. The maximum Gasteiger partial charge on any atom is 0.417 e. The van der Waals surface area contributed by atoms with Crippen molar-refractivity contribution in [1.29, 1.82) is 0 Å². The molecule has 2 amide bonds. The number of amides is 2. The van der Waals surface area contributed by atoms with Gasteiger partial charge in [-0.1, -0.05) is 45.4 Å². The number of carbonyl (C=O) groups is 2. The maximum absolute atomic E-state index is 14.2. The van der Waals surface area contributed by atoms with Crippen LogP contribution in [0.4, 0.5) is 13.2 Å². The highest BCUT2D eigenvalue weighted by Gasteiger charge is 2.37. The van der Waals surface area contributed by atoms with E-state index in [4.69, 9.17) is 4.52 Å². The number of carbonyl (C=O) groups excluding carboxylic acids is 2. The average Bonchev–Trinajstić information content (AvgIpc) is 3.68. The molecule has 49 heavy (non-hydrogen) atoms. The topological polar surface area (TPSA) is 128 Å². The second-order valence-electron chi connectivity index (χ2n) is 11.5. The number of fused-ring (bicyclic) bond motifs is 2. The molecule has 4 heterocycles. The molecular formula is C34H25BrF3N7O4. The standard InChI is InChI=1S/C34H25BrF3N7O4/c1-19-17-44-27(18-43(19)32(47)20-7-9-26(35)25(14-20)34(36,37)38)29(45(33(44)48)23-8-10-28-22(13-23)16-42-49-28)31(46)41-15-21-5-2-3-6-24(21)30-39-11-4-12-40-30/h2-14,16,19H,15,17-18H2,1H3,(H,41,46)/t19-/m0/s1. The second kappa shape index (κ2) is 12.5. The smallest absolute Gasteiger partial charge is 0.356 e. The zero-order valence-corrected chi connectivity index (χ0v) is 27.2. The number of nitrogens with one attached hydrogen (secondary N) is 1. The summed E-state index contributed by atoms with van der Waals surface area (Å²) in [5.74, 6) is -0.812. The van der Waals surface area contributed by atoms with Crippen LogP contribution in [0.5, 0.6) is 0 Å². The molecule has 0 saturated heterocycles. The minimum atomic E-state index is -4.69. The van der Waals surface area contributed by atoms with E-state index in [0.29, 0.717) is 28.0 Å². The molecule has 7 rings (SSSR count). The first-order chi connectivity index (χ1) is 23.5. The first-order valence-corrected chi connectivity index (χ1v) is 15.8. The lowest BCUT2D eigenvalue weighted by atomic mass is 10.1. The van der Waals surface area contributed by atoms with Gasteiger partial charge in [-0.2, -0.15) is 13.2 Å². The Bertz CT molecular complexity index is 2300. The fourth-order valence-corrected chi connectivity index (χ4v) is 6.46. The molecule has 15 heteroatoms. The Morgan fingerprint density at radius 1 is 1.04 bits per heavy atom. The van der Waals surface area contributed by atoms with Crippen LogP contribution < -0.4 is 11.0 Å². The third kappa shape index (κ3) is 5.90. The first kappa shape index (κ1) is 32.0. The molecule has 11 nitrogen and oxygen atoms in total. The summed E-state index contributed by atoms with van der Waals surface area (Å²) in [5.41, 5.74) is 0.780. The number of benzene rings is 3. The van der Waals surface area contributed by atoms with Gasteiger partial charge < -0.3 is 14.7 Å². The molecule has 0 unspecified atom stereocenters. The highest BCUT2D eigenvalue weighted by molar-refractivity contribution is 9.10. The van der Waals surface area contributed by atoms with Crippen LogP contribution in [0.2, 0.25) is 0 Å². The second-order valence-corrected chi connectivity index (χ2v) is 12.3. The van der Waals surface area contributed by atoms with E-state index in [1.165, 1.54) is 32.4 Å². The van der Waals surface area contributed by atoms with E-state index in [1.807, 2.05) is 24.3 Å². The van der Waals surface area contributed by atoms with Crippen LogP contribution in [-0.2, 0) is 25.8 Å². The largest absolute Gasteiger partial charge is 0.417 e. The summed E-state index contributed by atoms with van der Waals surface area (Å²) < 4.78 is 48.8. The summed E-state index contributed by atoms with van der Waals surface area (Å²) in [6.45, 7) is 1.53. The quantitative estimate of drug-likeness (QED) is 0.223. The molecule has 0 aliphatic carbocycles. The highest BCUT2D eigenvalue weighted by Crippen LogP contribution is 2.36. The van der Waals surface area contributed by atoms with Gasteiger partial charge in [0.05, 0.1) is 29.7 Å². The number of rotatable bonds is 6. The summed E-state index contributed by atoms with van der Waals surface area (Å²) in [6, 6.07) is 16.6. The molecule has 1 N–H and O–H groups in total. The highest BCUT2D eigenvalue weighted by atomic mass is 79.9. The van der Waals surface area contributed by atoms with Crippen LogP contribution in [0.3, 0.4) is 0 Å². The molecule has 1 aliphatic heterocycles. The van der Waals surface area contributed by atoms with Crippen LogP contribution in [0, 0.1) is 0 Å². The third-order valence-corrected chi connectivity index (χ3v) is 9.09. The van der Waals surface area contributed by atoms with Crippen molar-refractivity contribution in [2.24, 2.45) is 0 Å². The summed E-state index contributed by atoms with van der Waals surface area (Å²) in [6.07, 6.45) is 0.0193. The molecule has 3 aromatic heterocycles. The fraction of sp³-hybridized carbons (Fsp3) is 0.176. The fourth-order valence-electron chi connectivity index (χ4n) is 5.99. The van der Waals surface area contributed by atoms with Gasteiger partial charge in [0.15, 0.2) is 11.4 Å². The van der Waals surface area contributed by atoms with Crippen molar-refractivity contribution >= 4 is 38.7 Å². The Morgan fingerprint density at radius 2 is 1.82 bits per heavy atom. The van der Waals surface area contributed by atoms with Crippen LogP contribution in [0.15, 0.2) is 99.1 Å². The van der Waals surface area contributed by atoms with Crippen LogP contribution in [0.1, 0.15) is 44.6 Å². The van der Waals surface area contributed by atoms with E-state index in [2.05, 4.69) is 36.4 Å². The van der Waals surface area contributed by atoms with Crippen LogP contribution in [0.25, 0.3) is 28.0 Å². The van der Waals surface area contributed by atoms with Gasteiger partial charge in [0.25, 0.3) is 11.8 Å². The predicted molar refractivity (Wildman–Crippen MR) is 175 cm³/mol. The minimum absolute atomic E-state index is 0.000464. The maximum atomic E-state index is 14.2. The zero-order valence-electron chi connectivity index (χ0n) is 25.6. The molecule has 6 aromatic rings. The lowest BCUT2D eigenvalue weighted by Gasteiger charge is -2.34. The first-order valence-electron chi connectivity index (χ1n) is 15.0. The number of hydrogen-bond acceptors (Lipinski definition) is 7. The Labute approximate surface area is 284 Å². The molecule has 3 aromatic carbocycles. The van der Waals surface area contributed by atoms with E-state index in [9.17, 15) is 27.6 Å². The van der Waals surface area contributed by atoms with E-state index in [1.54, 1.807) is 43.6 Å². The number of aromatic nitrogens is 5. The van der Waals surface area contributed by atoms with Crippen molar-refractivity contribution in [2.75, 3.05) is 0 Å². The van der Waals surface area contributed by atoms with Crippen molar-refractivity contribution in [2.45, 2.75) is 38.8 Å². The molecule has 1 aliphatic rings. The molecule has 0 radical (unpaired) electrons. The summed E-state index contributed by atoms with van der Waals surface area (Å²) in [7, 11) is 0. The SMILES string of the molecule is C[C@H]1Cn2c(c(C(=O)NCc3ccccc3-c3ncccn3)n(-c3ccc4oncc4c3)c2=O)CN1C(=O)c1ccc(Br)c(C(F)(F)F)c1. The summed E-state index contributed by atoms with van der Waals surface area (Å²) in [4.78, 5) is 52.1. The number of halogens is 4. The van der Waals surface area contributed by atoms with Crippen molar-refractivity contribution in [3.05, 3.63) is 128 Å². The van der Waals surface area contributed by atoms with Crippen molar-refractivity contribution in [3.63, 3.8) is 0 Å². The third-order valence-electron chi connectivity index (χ3n) is 8.40. The van der Waals surface area contributed by atoms with E-state index < -0.39 is 35.3 Å². The van der Waals surface area contributed by atoms with E-state index >= 15 is 0 Å². The monoisotopic (exact) mass is 731 g/mol. The molecule has 1 atom stereocenters. The van der Waals surface area contributed by atoms with Gasteiger partial charge in [-0.05, 0) is 55.0 Å². The van der Waals surface area contributed by atoms with Gasteiger partial charge in [0.1, 0.15) is 5.69 Å². The van der Waals surface area contributed by atoms with Gasteiger partial charge in [-0.3, -0.25) is 18.7 Å². The summed E-state index contributed by atoms with van der Waals surface area (Å²) in [5, 5.41) is 7.31. The lowest BCUT2D eigenvalue weighted by Crippen LogP contribution is -2.47. The normalized spacial score (nSPS) is 14.6. The van der Waals surface area contributed by atoms with Gasteiger partial charge in [-0.15, -0.1) is 0 Å². The van der Waals surface area contributed by atoms with Gasteiger partial charge in [-0.25, -0.2) is 14.8 Å². The number of nitrogens with zero attached hydrogens (tertiary/aromatic N) is 6. The Kier molecular flexibility index (Phi) is 8.14. The van der Waals surface area contributed by atoms with Crippen molar-refractivity contribution in [3.8, 4) is 17.1 Å². The molecule has 0 fully saturated rings. The van der Waals surface area contributed by atoms with Crippen LogP contribution >= 0.6 is 15.9 Å². The van der Waals surface area contributed by atoms with Gasteiger partial charge >= 0.3 is 11.9 Å². The molecule has 248 valence electrons. The van der Waals surface area contributed by atoms with Crippen LogP contribution in [-0.4, -0.2) is 47.0 Å². The Morgan fingerprint density at radius 3 is 2.59 bits per heavy atom. The molecule has 0 spiro atoms. The molecule has 0 bridgehead atoms. The van der Waals surface area contributed by atoms with Gasteiger partial charge in [0, 0.05) is 52.5 Å². The molecular weight excluding hydrogens is 707 g/mol. The Balaban J connectivity index is 1.29. The van der Waals surface area contributed by atoms with E-state index in [0.717, 1.165) is 11.6 Å².